The number of hydrogen-bond donors (Lipinski definition) is 1. The zero-order chi connectivity index (χ0) is 13.1. The lowest BCUT2D eigenvalue weighted by atomic mass is 10.3. The van der Waals surface area contributed by atoms with Crippen LogP contribution in [0.5, 0.6) is 0 Å². The number of anilines is 1. The van der Waals surface area contributed by atoms with E-state index in [1.165, 1.54) is 6.07 Å². The van der Waals surface area contributed by atoms with Crippen molar-refractivity contribution in [3.8, 4) is 0 Å². The van der Waals surface area contributed by atoms with Crippen molar-refractivity contribution < 1.29 is 4.39 Å². The highest BCUT2D eigenvalue weighted by Crippen LogP contribution is 2.14. The van der Waals surface area contributed by atoms with Gasteiger partial charge in [0.15, 0.2) is 0 Å². The number of nitrogens with zero attached hydrogens (tertiary/aromatic N) is 2. The van der Waals surface area contributed by atoms with Gasteiger partial charge in [-0.2, -0.15) is 0 Å². The Hall–Kier alpha value is -2.49. The van der Waals surface area contributed by atoms with E-state index in [0.717, 1.165) is 16.7 Å². The quantitative estimate of drug-likeness (QED) is 0.777. The molecule has 3 aromatic rings. The first-order chi connectivity index (χ1) is 9.33. The molecular weight excluding hydrogens is 241 g/mol. The molecule has 1 heterocycles. The van der Waals surface area contributed by atoms with E-state index in [0.29, 0.717) is 12.2 Å². The van der Waals surface area contributed by atoms with E-state index in [1.807, 2.05) is 24.3 Å². The van der Waals surface area contributed by atoms with Crippen LogP contribution in [0.15, 0.2) is 54.7 Å². The number of rotatable bonds is 3. The Kier molecular flexibility index (Phi) is 3.06. The van der Waals surface area contributed by atoms with Gasteiger partial charge in [0.2, 0.25) is 0 Å². The third-order valence-electron chi connectivity index (χ3n) is 2.83. The molecule has 0 saturated heterocycles. The molecule has 0 atom stereocenters. The van der Waals surface area contributed by atoms with Gasteiger partial charge in [-0.1, -0.05) is 24.3 Å². The second kappa shape index (κ2) is 5.02. The summed E-state index contributed by atoms with van der Waals surface area (Å²) in [5.74, 6) is -0.267. The highest BCUT2D eigenvalue weighted by atomic mass is 19.1. The Labute approximate surface area is 110 Å². The summed E-state index contributed by atoms with van der Waals surface area (Å²) in [6, 6.07) is 14.2. The SMILES string of the molecule is Fc1ccccc1NCc1cnc2ccccc2n1. The zero-order valence-electron chi connectivity index (χ0n) is 10.2. The molecule has 2 aromatic carbocycles. The predicted octanol–water partition coefficient (Wildman–Crippen LogP) is 3.38. The van der Waals surface area contributed by atoms with Crippen LogP contribution in [0.25, 0.3) is 11.0 Å². The molecule has 0 amide bonds. The lowest BCUT2D eigenvalue weighted by Crippen LogP contribution is -2.03. The number of benzene rings is 2. The van der Waals surface area contributed by atoms with Crippen molar-refractivity contribution in [2.75, 3.05) is 5.32 Å². The Balaban J connectivity index is 1.80. The highest BCUT2D eigenvalue weighted by molar-refractivity contribution is 5.73. The van der Waals surface area contributed by atoms with Gasteiger partial charge in [0.1, 0.15) is 5.82 Å². The lowest BCUT2D eigenvalue weighted by Gasteiger charge is -2.07. The summed E-state index contributed by atoms with van der Waals surface area (Å²) < 4.78 is 13.4. The minimum atomic E-state index is -0.267. The van der Waals surface area contributed by atoms with Crippen LogP contribution < -0.4 is 5.32 Å². The summed E-state index contributed by atoms with van der Waals surface area (Å²) >= 11 is 0. The van der Waals surface area contributed by atoms with Gasteiger partial charge in [-0.05, 0) is 24.3 Å². The average Bonchev–Trinajstić information content (AvgIpc) is 2.46. The van der Waals surface area contributed by atoms with Crippen LogP contribution in [-0.2, 0) is 6.54 Å². The van der Waals surface area contributed by atoms with Crippen LogP contribution in [0, 0.1) is 5.82 Å². The molecule has 0 unspecified atom stereocenters. The van der Waals surface area contributed by atoms with Crippen molar-refractivity contribution in [3.63, 3.8) is 0 Å². The summed E-state index contributed by atoms with van der Waals surface area (Å²) in [4.78, 5) is 8.79. The molecule has 0 spiro atoms. The van der Waals surface area contributed by atoms with Gasteiger partial charge in [0, 0.05) is 0 Å². The van der Waals surface area contributed by atoms with Crippen LogP contribution in [0.4, 0.5) is 10.1 Å². The minimum absolute atomic E-state index is 0.267. The fourth-order valence-electron chi connectivity index (χ4n) is 1.87. The van der Waals surface area contributed by atoms with E-state index in [1.54, 1.807) is 24.4 Å². The molecule has 0 aliphatic rings. The van der Waals surface area contributed by atoms with Crippen molar-refractivity contribution in [1.82, 2.24) is 9.97 Å². The minimum Gasteiger partial charge on any atom is -0.377 e. The van der Waals surface area contributed by atoms with Gasteiger partial charge in [0.25, 0.3) is 0 Å². The number of fused-ring (bicyclic) bond motifs is 1. The zero-order valence-corrected chi connectivity index (χ0v) is 10.2. The maximum absolute atomic E-state index is 13.4. The highest BCUT2D eigenvalue weighted by Gasteiger charge is 2.02. The van der Waals surface area contributed by atoms with Gasteiger partial charge in [-0.25, -0.2) is 9.37 Å². The fraction of sp³-hybridized carbons (Fsp3) is 0.0667. The number of aromatic nitrogens is 2. The van der Waals surface area contributed by atoms with Gasteiger partial charge in [0.05, 0.1) is 35.2 Å². The van der Waals surface area contributed by atoms with Crippen LogP contribution >= 0.6 is 0 Å². The molecule has 1 aromatic heterocycles. The Morgan fingerprint density at radius 3 is 2.53 bits per heavy atom. The van der Waals surface area contributed by atoms with E-state index in [9.17, 15) is 4.39 Å². The fourth-order valence-corrected chi connectivity index (χ4v) is 1.87. The van der Waals surface area contributed by atoms with E-state index in [2.05, 4.69) is 15.3 Å². The monoisotopic (exact) mass is 253 g/mol. The van der Waals surface area contributed by atoms with Gasteiger partial charge >= 0.3 is 0 Å². The molecule has 0 aliphatic carbocycles. The molecular formula is C15H12FN3. The van der Waals surface area contributed by atoms with Crippen molar-refractivity contribution in [2.24, 2.45) is 0 Å². The number of para-hydroxylation sites is 3. The third kappa shape index (κ3) is 2.52. The number of nitrogens with one attached hydrogen (secondary N) is 1. The van der Waals surface area contributed by atoms with Gasteiger partial charge in [-0.3, -0.25) is 4.98 Å². The summed E-state index contributed by atoms with van der Waals surface area (Å²) in [7, 11) is 0. The second-order valence-electron chi connectivity index (χ2n) is 4.18. The molecule has 4 heteroatoms. The molecule has 0 aliphatic heterocycles. The molecule has 19 heavy (non-hydrogen) atoms. The maximum Gasteiger partial charge on any atom is 0.146 e. The molecule has 0 radical (unpaired) electrons. The van der Waals surface area contributed by atoms with E-state index in [-0.39, 0.29) is 5.82 Å². The summed E-state index contributed by atoms with van der Waals surface area (Å²) in [5, 5.41) is 3.02. The first-order valence-electron chi connectivity index (χ1n) is 6.02. The van der Waals surface area contributed by atoms with Crippen molar-refractivity contribution in [3.05, 3.63) is 66.2 Å². The first-order valence-corrected chi connectivity index (χ1v) is 6.02. The summed E-state index contributed by atoms with van der Waals surface area (Å²) in [5.41, 5.74) is 2.95. The summed E-state index contributed by atoms with van der Waals surface area (Å²) in [6.07, 6.45) is 1.70. The second-order valence-corrected chi connectivity index (χ2v) is 4.18. The van der Waals surface area contributed by atoms with Crippen LogP contribution in [-0.4, -0.2) is 9.97 Å². The third-order valence-corrected chi connectivity index (χ3v) is 2.83. The van der Waals surface area contributed by atoms with E-state index < -0.39 is 0 Å². The topological polar surface area (TPSA) is 37.8 Å². The lowest BCUT2D eigenvalue weighted by molar-refractivity contribution is 0.630. The first kappa shape index (κ1) is 11.6. The molecule has 0 fully saturated rings. The number of halogens is 1. The van der Waals surface area contributed by atoms with Crippen molar-refractivity contribution in [1.29, 1.82) is 0 Å². The smallest absolute Gasteiger partial charge is 0.146 e. The predicted molar refractivity (Wildman–Crippen MR) is 73.3 cm³/mol. The number of hydrogen-bond acceptors (Lipinski definition) is 3. The van der Waals surface area contributed by atoms with Crippen LogP contribution in [0.1, 0.15) is 5.69 Å². The van der Waals surface area contributed by atoms with Gasteiger partial charge in [-0.15, -0.1) is 0 Å². The molecule has 3 nitrogen and oxygen atoms in total. The van der Waals surface area contributed by atoms with E-state index >= 15 is 0 Å². The molecule has 0 saturated carbocycles. The van der Waals surface area contributed by atoms with Crippen molar-refractivity contribution >= 4 is 16.7 Å². The standard InChI is InChI=1S/C15H12FN3/c16-12-5-1-2-6-13(12)17-9-11-10-18-14-7-3-4-8-15(14)19-11/h1-8,10,17H,9H2. The Morgan fingerprint density at radius 2 is 1.68 bits per heavy atom. The maximum atomic E-state index is 13.4. The average molecular weight is 253 g/mol. The normalized spacial score (nSPS) is 10.6. The van der Waals surface area contributed by atoms with E-state index in [4.69, 9.17) is 0 Å². The van der Waals surface area contributed by atoms with Crippen molar-refractivity contribution in [2.45, 2.75) is 6.54 Å². The molecule has 0 bridgehead atoms. The Morgan fingerprint density at radius 1 is 0.947 bits per heavy atom. The van der Waals surface area contributed by atoms with Crippen LogP contribution in [0.2, 0.25) is 0 Å². The molecule has 3 rings (SSSR count). The van der Waals surface area contributed by atoms with Crippen LogP contribution in [0.3, 0.4) is 0 Å². The Bertz CT molecular complexity index is 712. The molecule has 94 valence electrons. The van der Waals surface area contributed by atoms with Gasteiger partial charge < -0.3 is 5.32 Å². The largest absolute Gasteiger partial charge is 0.377 e. The molecule has 1 N–H and O–H groups in total. The summed E-state index contributed by atoms with van der Waals surface area (Å²) in [6.45, 7) is 0.443.